The van der Waals surface area contributed by atoms with Gasteiger partial charge < -0.3 is 10.4 Å². The number of rotatable bonds is 2. The molecule has 0 unspecified atom stereocenters. The van der Waals surface area contributed by atoms with Gasteiger partial charge in [-0.25, -0.2) is 4.98 Å². The Balaban J connectivity index is 2.02. The van der Waals surface area contributed by atoms with Gasteiger partial charge in [0.25, 0.3) is 5.91 Å². The van der Waals surface area contributed by atoms with E-state index in [1.54, 1.807) is 18.2 Å². The molecule has 1 amide bonds. The average molecular weight is 299 g/mol. The number of aromatic hydroxyl groups is 1. The van der Waals surface area contributed by atoms with Gasteiger partial charge in [0.2, 0.25) is 0 Å². The van der Waals surface area contributed by atoms with Gasteiger partial charge in [0.1, 0.15) is 10.9 Å². The van der Waals surface area contributed by atoms with Gasteiger partial charge in [-0.05, 0) is 24.3 Å². The summed E-state index contributed by atoms with van der Waals surface area (Å²) >= 11 is 5.96. The van der Waals surface area contributed by atoms with Crippen LogP contribution in [0.5, 0.6) is 5.75 Å². The highest BCUT2D eigenvalue weighted by molar-refractivity contribution is 6.30. The monoisotopic (exact) mass is 298 g/mol. The van der Waals surface area contributed by atoms with Gasteiger partial charge in [0.05, 0.1) is 11.1 Å². The van der Waals surface area contributed by atoms with E-state index in [0.29, 0.717) is 16.8 Å². The van der Waals surface area contributed by atoms with Crippen molar-refractivity contribution in [2.45, 2.75) is 0 Å². The first-order chi connectivity index (χ1) is 10.1. The van der Waals surface area contributed by atoms with E-state index in [-0.39, 0.29) is 16.8 Å². The number of nitrogens with zero attached hydrogens (tertiary/aromatic N) is 1. The number of para-hydroxylation sites is 1. The largest absolute Gasteiger partial charge is 0.508 e. The summed E-state index contributed by atoms with van der Waals surface area (Å²) in [5.74, 6) is -0.216. The van der Waals surface area contributed by atoms with Crippen LogP contribution in [0.4, 0.5) is 5.69 Å². The maximum absolute atomic E-state index is 12.4. The molecule has 0 saturated carbocycles. The highest BCUT2D eigenvalue weighted by atomic mass is 35.5. The van der Waals surface area contributed by atoms with Crippen LogP contribution in [0.2, 0.25) is 5.15 Å². The van der Waals surface area contributed by atoms with Crippen LogP contribution in [0.15, 0.2) is 54.6 Å². The second kappa shape index (κ2) is 5.42. The molecule has 5 heteroatoms. The Morgan fingerprint density at radius 1 is 1.10 bits per heavy atom. The number of aromatic nitrogens is 1. The zero-order chi connectivity index (χ0) is 14.8. The van der Waals surface area contributed by atoms with Crippen molar-refractivity contribution >= 4 is 34.1 Å². The molecule has 21 heavy (non-hydrogen) atoms. The van der Waals surface area contributed by atoms with Gasteiger partial charge in [-0.3, -0.25) is 4.79 Å². The number of pyridine rings is 1. The Morgan fingerprint density at radius 2 is 1.90 bits per heavy atom. The Kier molecular flexibility index (Phi) is 3.46. The topological polar surface area (TPSA) is 62.2 Å². The second-order valence-corrected chi connectivity index (χ2v) is 4.90. The fourth-order valence-electron chi connectivity index (χ4n) is 2.11. The number of phenols is 1. The number of amides is 1. The van der Waals surface area contributed by atoms with Crippen molar-refractivity contribution < 1.29 is 9.90 Å². The van der Waals surface area contributed by atoms with Crippen molar-refractivity contribution in [1.29, 1.82) is 0 Å². The summed E-state index contributed by atoms with van der Waals surface area (Å²) in [6.07, 6.45) is 0. The van der Waals surface area contributed by atoms with Crippen molar-refractivity contribution in [1.82, 2.24) is 4.98 Å². The second-order valence-electron chi connectivity index (χ2n) is 4.51. The van der Waals surface area contributed by atoms with Gasteiger partial charge in [-0.2, -0.15) is 0 Å². The van der Waals surface area contributed by atoms with Crippen molar-refractivity contribution in [3.05, 3.63) is 65.3 Å². The molecule has 0 radical (unpaired) electrons. The number of hydrogen-bond donors (Lipinski definition) is 2. The van der Waals surface area contributed by atoms with Crippen LogP contribution in [-0.4, -0.2) is 16.0 Å². The smallest absolute Gasteiger partial charge is 0.256 e. The number of phenolic OH excluding ortho intramolecular Hbond substituents is 1. The maximum Gasteiger partial charge on any atom is 0.256 e. The van der Waals surface area contributed by atoms with Crippen molar-refractivity contribution in [3.63, 3.8) is 0 Å². The molecular formula is C16H11ClN2O2. The van der Waals surface area contributed by atoms with Crippen LogP contribution in [-0.2, 0) is 0 Å². The number of fused-ring (bicyclic) bond motifs is 1. The highest BCUT2D eigenvalue weighted by Crippen LogP contribution is 2.22. The van der Waals surface area contributed by atoms with E-state index in [1.165, 1.54) is 18.2 Å². The molecule has 104 valence electrons. The fourth-order valence-corrected chi connectivity index (χ4v) is 2.31. The van der Waals surface area contributed by atoms with Gasteiger partial charge in [0.15, 0.2) is 0 Å². The molecule has 3 aromatic rings. The lowest BCUT2D eigenvalue weighted by molar-refractivity contribution is 0.102. The quantitative estimate of drug-likeness (QED) is 0.706. The number of halogens is 1. The fraction of sp³-hybridized carbons (Fsp3) is 0. The van der Waals surface area contributed by atoms with Gasteiger partial charge >= 0.3 is 0 Å². The number of benzene rings is 2. The number of carbonyl (C=O) groups is 1. The van der Waals surface area contributed by atoms with E-state index in [4.69, 9.17) is 11.6 Å². The lowest BCUT2D eigenvalue weighted by Gasteiger charge is -2.08. The number of carbonyl (C=O) groups excluding carboxylic acids is 1. The first kappa shape index (κ1) is 13.4. The molecule has 0 fully saturated rings. The molecule has 0 aliphatic rings. The number of anilines is 1. The summed E-state index contributed by atoms with van der Waals surface area (Å²) < 4.78 is 0. The van der Waals surface area contributed by atoms with Crippen LogP contribution in [0.25, 0.3) is 10.9 Å². The van der Waals surface area contributed by atoms with Crippen molar-refractivity contribution in [3.8, 4) is 5.75 Å². The maximum atomic E-state index is 12.4. The molecule has 3 rings (SSSR count). The zero-order valence-electron chi connectivity index (χ0n) is 10.9. The SMILES string of the molecule is O=C(Nc1cccc(O)c1)c1cc(Cl)nc2ccccc12. The third kappa shape index (κ3) is 2.80. The lowest BCUT2D eigenvalue weighted by atomic mass is 10.1. The number of nitrogens with one attached hydrogen (secondary N) is 1. The molecule has 0 spiro atoms. The van der Waals surface area contributed by atoms with Gasteiger partial charge in [0, 0.05) is 17.1 Å². The molecule has 2 aromatic carbocycles. The van der Waals surface area contributed by atoms with E-state index < -0.39 is 0 Å². The minimum Gasteiger partial charge on any atom is -0.508 e. The summed E-state index contributed by atoms with van der Waals surface area (Å²) in [6.45, 7) is 0. The van der Waals surface area contributed by atoms with E-state index in [9.17, 15) is 9.90 Å². The normalized spacial score (nSPS) is 10.5. The Bertz CT molecular complexity index is 833. The molecule has 0 bridgehead atoms. The third-order valence-corrected chi connectivity index (χ3v) is 3.23. The van der Waals surface area contributed by atoms with Crippen molar-refractivity contribution in [2.75, 3.05) is 5.32 Å². The predicted octanol–water partition coefficient (Wildman–Crippen LogP) is 3.85. The molecule has 1 heterocycles. The zero-order valence-corrected chi connectivity index (χ0v) is 11.6. The summed E-state index contributed by atoms with van der Waals surface area (Å²) in [5.41, 5.74) is 1.61. The molecule has 2 N–H and O–H groups in total. The Morgan fingerprint density at radius 3 is 2.71 bits per heavy atom. The van der Waals surface area contributed by atoms with Crippen LogP contribution in [0, 0.1) is 0 Å². The summed E-state index contributed by atoms with van der Waals surface area (Å²) in [7, 11) is 0. The van der Waals surface area contributed by atoms with E-state index in [1.807, 2.05) is 18.2 Å². The van der Waals surface area contributed by atoms with E-state index in [2.05, 4.69) is 10.3 Å². The summed E-state index contributed by atoms with van der Waals surface area (Å²) in [6, 6.07) is 15.2. The van der Waals surface area contributed by atoms with Crippen LogP contribution in [0.3, 0.4) is 0 Å². The predicted molar refractivity (Wildman–Crippen MR) is 82.8 cm³/mol. The van der Waals surface area contributed by atoms with Gasteiger partial charge in [-0.1, -0.05) is 35.9 Å². The minimum absolute atomic E-state index is 0.0884. The van der Waals surface area contributed by atoms with Crippen molar-refractivity contribution in [2.24, 2.45) is 0 Å². The molecule has 0 aliphatic carbocycles. The molecule has 0 saturated heterocycles. The summed E-state index contributed by atoms with van der Waals surface area (Å²) in [4.78, 5) is 16.6. The molecule has 0 atom stereocenters. The Labute approximate surface area is 126 Å². The van der Waals surface area contributed by atoms with Crippen LogP contribution >= 0.6 is 11.6 Å². The third-order valence-electron chi connectivity index (χ3n) is 3.03. The first-order valence-electron chi connectivity index (χ1n) is 6.29. The molecular weight excluding hydrogens is 288 g/mol. The lowest BCUT2D eigenvalue weighted by Crippen LogP contribution is -2.12. The molecule has 1 aromatic heterocycles. The van der Waals surface area contributed by atoms with Gasteiger partial charge in [-0.15, -0.1) is 0 Å². The Hall–Kier alpha value is -2.59. The first-order valence-corrected chi connectivity index (χ1v) is 6.67. The minimum atomic E-state index is -0.305. The highest BCUT2D eigenvalue weighted by Gasteiger charge is 2.12. The van der Waals surface area contributed by atoms with E-state index in [0.717, 1.165) is 5.39 Å². The summed E-state index contributed by atoms with van der Waals surface area (Å²) in [5, 5.41) is 13.1. The van der Waals surface area contributed by atoms with Crippen LogP contribution in [0.1, 0.15) is 10.4 Å². The van der Waals surface area contributed by atoms with E-state index >= 15 is 0 Å². The molecule has 4 nitrogen and oxygen atoms in total. The standard InChI is InChI=1S/C16H11ClN2O2/c17-15-9-13(12-6-1-2-7-14(12)19-15)16(21)18-10-4-3-5-11(20)8-10/h1-9,20H,(H,18,21). The average Bonchev–Trinajstić information content (AvgIpc) is 2.46. The number of hydrogen-bond acceptors (Lipinski definition) is 3. The van der Waals surface area contributed by atoms with Crippen LogP contribution < -0.4 is 5.32 Å². The molecule has 0 aliphatic heterocycles.